The minimum absolute atomic E-state index is 0. The van der Waals surface area contributed by atoms with E-state index in [2.05, 4.69) is 8.57 Å². The zero-order valence-corrected chi connectivity index (χ0v) is 22.5. The van der Waals surface area contributed by atoms with Gasteiger partial charge in [0.25, 0.3) is 20.2 Å². The van der Waals surface area contributed by atoms with Crippen LogP contribution in [0.25, 0.3) is 0 Å². The van der Waals surface area contributed by atoms with E-state index < -0.39 is 52.2 Å². The molecule has 0 aromatic heterocycles. The zero-order chi connectivity index (χ0) is 18.2. The second kappa shape index (κ2) is 14.8. The molecule has 0 radical (unpaired) electrons. The molecule has 0 aliphatic rings. The summed E-state index contributed by atoms with van der Waals surface area (Å²) < 4.78 is 107. The SMILES string of the molecule is CS(=O)(=O)ONCS(=O)(=O)[O-].CS(=O)(=O)ONCS(=O)(=O)[O-].[K+].[K+]. The predicted octanol–water partition coefficient (Wildman–Crippen LogP) is -10.1. The zero-order valence-electron chi connectivity index (χ0n) is 12.9. The molecule has 0 bridgehead atoms. The number of rotatable bonds is 8. The first-order valence-corrected chi connectivity index (χ1v) is 11.3. The quantitative estimate of drug-likeness (QED) is 0.184. The Balaban J connectivity index is -0.000000154. The number of nitrogens with one attached hydrogen (secondary N) is 2. The molecule has 0 heterocycles. The van der Waals surface area contributed by atoms with E-state index in [-0.39, 0.29) is 103 Å². The van der Waals surface area contributed by atoms with Gasteiger partial charge < -0.3 is 9.11 Å². The molecule has 0 atom stereocenters. The van der Waals surface area contributed by atoms with E-state index in [1.165, 1.54) is 11.0 Å². The Labute approximate surface area is 225 Å². The Kier molecular flexibility index (Phi) is 21.1. The molecular formula is C4H12K2N2O12S4. The molecule has 14 nitrogen and oxygen atoms in total. The average molecular weight is 487 g/mol. The maximum atomic E-state index is 10.1. The van der Waals surface area contributed by atoms with Crippen LogP contribution in [0.1, 0.15) is 0 Å². The van der Waals surface area contributed by atoms with Gasteiger partial charge in [-0.15, -0.1) is 0 Å². The van der Waals surface area contributed by atoms with Crippen molar-refractivity contribution in [2.75, 3.05) is 24.3 Å². The first kappa shape index (κ1) is 34.3. The molecule has 0 saturated heterocycles. The van der Waals surface area contributed by atoms with Crippen molar-refractivity contribution >= 4 is 40.5 Å². The van der Waals surface area contributed by atoms with Crippen LogP contribution in [0.3, 0.4) is 0 Å². The largest absolute Gasteiger partial charge is 1.00 e. The fourth-order valence-corrected chi connectivity index (χ4v) is 1.51. The summed E-state index contributed by atoms with van der Waals surface area (Å²) in [5, 5.41) is 0. The van der Waals surface area contributed by atoms with Crippen LogP contribution < -0.4 is 114 Å². The van der Waals surface area contributed by atoms with E-state index in [0.717, 1.165) is 0 Å². The van der Waals surface area contributed by atoms with E-state index in [9.17, 15) is 42.8 Å². The second-order valence-electron chi connectivity index (χ2n) is 3.27. The maximum Gasteiger partial charge on any atom is 1.00 e. The summed E-state index contributed by atoms with van der Waals surface area (Å²) in [7, 11) is -16.5. The summed E-state index contributed by atoms with van der Waals surface area (Å²) in [6, 6.07) is 0. The van der Waals surface area contributed by atoms with Gasteiger partial charge in [-0.3, -0.25) is 0 Å². The molecule has 0 spiro atoms. The van der Waals surface area contributed by atoms with Crippen molar-refractivity contribution in [2.24, 2.45) is 0 Å². The van der Waals surface area contributed by atoms with Gasteiger partial charge in [0.2, 0.25) is 0 Å². The van der Waals surface area contributed by atoms with E-state index in [1.807, 2.05) is 0 Å². The molecule has 2 N–H and O–H groups in total. The van der Waals surface area contributed by atoms with E-state index in [4.69, 9.17) is 0 Å². The van der Waals surface area contributed by atoms with E-state index in [1.54, 1.807) is 0 Å². The van der Waals surface area contributed by atoms with Gasteiger partial charge in [-0.25, -0.2) is 16.8 Å². The first-order valence-electron chi connectivity index (χ1n) is 4.51. The summed E-state index contributed by atoms with van der Waals surface area (Å²) in [5.41, 5.74) is 2.95. The van der Waals surface area contributed by atoms with Crippen LogP contribution in [-0.4, -0.2) is 67.0 Å². The van der Waals surface area contributed by atoms with Crippen molar-refractivity contribution in [3.63, 3.8) is 0 Å². The van der Waals surface area contributed by atoms with Crippen molar-refractivity contribution in [3.8, 4) is 0 Å². The molecule has 0 rings (SSSR count). The summed E-state index contributed by atoms with van der Waals surface area (Å²) >= 11 is 0. The fourth-order valence-electron chi connectivity index (χ4n) is 0.407. The van der Waals surface area contributed by atoms with Crippen LogP contribution in [0.2, 0.25) is 0 Å². The summed E-state index contributed by atoms with van der Waals surface area (Å²) in [4.78, 5) is 0. The third-order valence-electron chi connectivity index (χ3n) is 0.892. The molecule has 20 heteroatoms. The Morgan fingerprint density at radius 3 is 1.00 bits per heavy atom. The van der Waals surface area contributed by atoms with Gasteiger partial charge in [0.1, 0.15) is 32.0 Å². The summed E-state index contributed by atoms with van der Waals surface area (Å²) in [6.45, 7) is 0. The average Bonchev–Trinajstić information content (AvgIpc) is 2.08. The van der Waals surface area contributed by atoms with Crippen LogP contribution in [0.5, 0.6) is 0 Å². The Hall–Kier alpha value is 2.83. The standard InChI is InChI=1S/2C2H7NO6S2.2K/c2*1-10(4,5)9-3-2-11(6,7)8;;/h2*3H,2H2,1H3,(H,6,7,8);;/q;;2*+1/p-2. The van der Waals surface area contributed by atoms with E-state index >= 15 is 0 Å². The molecule has 0 aromatic rings. The molecule has 0 amide bonds. The molecule has 0 fully saturated rings. The monoisotopic (exact) mass is 486 g/mol. The summed E-state index contributed by atoms with van der Waals surface area (Å²) in [6.07, 6.45) is 1.41. The second-order valence-corrected chi connectivity index (χ2v) is 9.23. The Morgan fingerprint density at radius 2 is 0.875 bits per heavy atom. The van der Waals surface area contributed by atoms with Gasteiger partial charge in [-0.05, 0) is 0 Å². The van der Waals surface area contributed by atoms with Gasteiger partial charge in [0.05, 0.1) is 12.5 Å². The predicted molar refractivity (Wildman–Crippen MR) is 67.3 cm³/mol. The van der Waals surface area contributed by atoms with Crippen molar-refractivity contribution < 1.29 is 154 Å². The molecule has 0 aromatic carbocycles. The normalized spacial score (nSPS) is 12.2. The van der Waals surface area contributed by atoms with Gasteiger partial charge in [-0.2, -0.15) is 36.4 Å². The minimum Gasteiger partial charge on any atom is -0.747 e. The van der Waals surface area contributed by atoms with Crippen molar-refractivity contribution in [2.45, 2.75) is 0 Å². The molecule has 0 unspecified atom stereocenters. The van der Waals surface area contributed by atoms with Gasteiger partial charge in [-0.1, -0.05) is 0 Å². The van der Waals surface area contributed by atoms with Gasteiger partial charge in [0.15, 0.2) is 0 Å². The number of hydrogen-bond acceptors (Lipinski definition) is 14. The third-order valence-corrected chi connectivity index (χ3v) is 2.68. The van der Waals surface area contributed by atoms with Crippen molar-refractivity contribution in [1.29, 1.82) is 0 Å². The molecule has 136 valence electrons. The first-order chi connectivity index (χ1) is 9.41. The molecule has 0 saturated carbocycles. The van der Waals surface area contributed by atoms with Crippen LogP contribution in [0.15, 0.2) is 0 Å². The molecule has 24 heavy (non-hydrogen) atoms. The van der Waals surface area contributed by atoms with Crippen LogP contribution in [0.4, 0.5) is 0 Å². The Morgan fingerprint density at radius 1 is 0.667 bits per heavy atom. The van der Waals surface area contributed by atoms with Crippen LogP contribution in [0, 0.1) is 0 Å². The Bertz CT molecular complexity index is 611. The van der Waals surface area contributed by atoms with Crippen LogP contribution in [-0.2, 0) is 49.0 Å². The smallest absolute Gasteiger partial charge is 0.747 e. The maximum absolute atomic E-state index is 10.1. The van der Waals surface area contributed by atoms with Crippen molar-refractivity contribution in [3.05, 3.63) is 0 Å². The molecule has 0 aliphatic carbocycles. The number of hydrogen-bond donors (Lipinski definition) is 2. The molecular weight excluding hydrogens is 475 g/mol. The van der Waals surface area contributed by atoms with E-state index in [0.29, 0.717) is 12.5 Å². The number of hydroxylamine groups is 2. The minimum atomic E-state index is -4.50. The fraction of sp³-hybridized carbons (Fsp3) is 1.00. The topological polar surface area (TPSA) is 225 Å². The van der Waals surface area contributed by atoms with Gasteiger partial charge >= 0.3 is 103 Å². The third kappa shape index (κ3) is 39.8. The summed E-state index contributed by atoms with van der Waals surface area (Å²) in [5.74, 6) is -2.17. The van der Waals surface area contributed by atoms with Crippen molar-refractivity contribution in [1.82, 2.24) is 11.0 Å². The van der Waals surface area contributed by atoms with Crippen LogP contribution >= 0.6 is 0 Å². The molecule has 0 aliphatic heterocycles. The van der Waals surface area contributed by atoms with Gasteiger partial charge in [0, 0.05) is 0 Å².